The van der Waals surface area contributed by atoms with Gasteiger partial charge in [-0.15, -0.1) is 0 Å². The van der Waals surface area contributed by atoms with Crippen molar-refractivity contribution in [2.45, 2.75) is 44.8 Å². The Morgan fingerprint density at radius 1 is 1.20 bits per heavy atom. The van der Waals surface area contributed by atoms with Crippen LogP contribution in [0.25, 0.3) is 0 Å². The predicted octanol–water partition coefficient (Wildman–Crippen LogP) is 1.56. The highest BCUT2D eigenvalue weighted by atomic mass is 16.8. The number of rotatable bonds is 3. The fourth-order valence-electron chi connectivity index (χ4n) is 3.18. The Bertz CT molecular complexity index is 475. The van der Waals surface area contributed by atoms with Crippen molar-refractivity contribution in [3.8, 4) is 0 Å². The zero-order valence-corrected chi connectivity index (χ0v) is 12.2. The molecule has 0 amide bonds. The van der Waals surface area contributed by atoms with E-state index in [-0.39, 0.29) is 18.8 Å². The summed E-state index contributed by atoms with van der Waals surface area (Å²) in [6.07, 6.45) is 0.805. The van der Waals surface area contributed by atoms with Crippen molar-refractivity contribution in [2.24, 2.45) is 0 Å². The number of benzene rings is 1. The van der Waals surface area contributed by atoms with Gasteiger partial charge in [0.2, 0.25) is 0 Å². The standard InChI is InChI=1S/C16H23NO3/c1-16(2)19-14(15(11-18)20-16)10-17-8-7-12-5-3-4-6-13(12)9-17/h3-6,14-15,18H,7-11H2,1-2H3/t14-,15-/m0/s1. The van der Waals surface area contributed by atoms with Crippen LogP contribution in [-0.4, -0.2) is 47.7 Å². The molecule has 0 saturated carbocycles. The van der Waals surface area contributed by atoms with E-state index in [4.69, 9.17) is 9.47 Å². The minimum Gasteiger partial charge on any atom is -0.394 e. The molecule has 2 atom stereocenters. The van der Waals surface area contributed by atoms with Crippen molar-refractivity contribution in [3.63, 3.8) is 0 Å². The molecule has 0 spiro atoms. The maximum absolute atomic E-state index is 9.43. The average molecular weight is 277 g/mol. The number of hydrogen-bond donors (Lipinski definition) is 1. The van der Waals surface area contributed by atoms with Crippen LogP contribution in [0.1, 0.15) is 25.0 Å². The third-order valence-corrected chi connectivity index (χ3v) is 4.11. The van der Waals surface area contributed by atoms with Gasteiger partial charge >= 0.3 is 0 Å². The van der Waals surface area contributed by atoms with Crippen molar-refractivity contribution in [3.05, 3.63) is 35.4 Å². The summed E-state index contributed by atoms with van der Waals surface area (Å²) in [4.78, 5) is 2.39. The van der Waals surface area contributed by atoms with Gasteiger partial charge in [-0.2, -0.15) is 0 Å². The highest BCUT2D eigenvalue weighted by Crippen LogP contribution is 2.29. The zero-order chi connectivity index (χ0) is 14.2. The summed E-state index contributed by atoms with van der Waals surface area (Å²) >= 11 is 0. The van der Waals surface area contributed by atoms with Crippen molar-refractivity contribution >= 4 is 0 Å². The van der Waals surface area contributed by atoms with Gasteiger partial charge in [0.25, 0.3) is 0 Å². The maximum atomic E-state index is 9.43. The Labute approximate surface area is 120 Å². The van der Waals surface area contributed by atoms with E-state index in [1.54, 1.807) is 0 Å². The van der Waals surface area contributed by atoms with Crippen LogP contribution in [-0.2, 0) is 22.4 Å². The first-order valence-corrected chi connectivity index (χ1v) is 7.33. The molecule has 0 aromatic heterocycles. The Hall–Kier alpha value is -0.940. The highest BCUT2D eigenvalue weighted by molar-refractivity contribution is 5.29. The van der Waals surface area contributed by atoms with Gasteiger partial charge in [-0.05, 0) is 31.4 Å². The summed E-state index contributed by atoms with van der Waals surface area (Å²) in [6, 6.07) is 8.60. The van der Waals surface area contributed by atoms with E-state index >= 15 is 0 Å². The smallest absolute Gasteiger partial charge is 0.163 e. The lowest BCUT2D eigenvalue weighted by Crippen LogP contribution is -2.41. The van der Waals surface area contributed by atoms with E-state index in [0.29, 0.717) is 0 Å². The van der Waals surface area contributed by atoms with Crippen LogP contribution in [0, 0.1) is 0 Å². The first-order chi connectivity index (χ1) is 9.57. The number of fused-ring (bicyclic) bond motifs is 1. The van der Waals surface area contributed by atoms with Gasteiger partial charge in [0.15, 0.2) is 5.79 Å². The van der Waals surface area contributed by atoms with Gasteiger partial charge in [0.1, 0.15) is 12.2 Å². The first kappa shape index (κ1) is 14.0. The molecule has 0 radical (unpaired) electrons. The molecule has 0 unspecified atom stereocenters. The van der Waals surface area contributed by atoms with Crippen LogP contribution in [0.4, 0.5) is 0 Å². The maximum Gasteiger partial charge on any atom is 0.163 e. The molecule has 4 nitrogen and oxygen atoms in total. The second kappa shape index (κ2) is 5.45. The summed E-state index contributed by atoms with van der Waals surface area (Å²) in [5.74, 6) is -0.592. The van der Waals surface area contributed by atoms with Gasteiger partial charge in [-0.3, -0.25) is 4.90 Å². The van der Waals surface area contributed by atoms with Crippen molar-refractivity contribution in [1.29, 1.82) is 0 Å². The van der Waals surface area contributed by atoms with E-state index in [1.807, 2.05) is 13.8 Å². The molecule has 2 aliphatic rings. The molecule has 20 heavy (non-hydrogen) atoms. The molecule has 0 aliphatic carbocycles. The molecule has 1 saturated heterocycles. The lowest BCUT2D eigenvalue weighted by molar-refractivity contribution is -0.150. The van der Waals surface area contributed by atoms with Crippen LogP contribution in [0.2, 0.25) is 0 Å². The normalized spacial score (nSPS) is 29.4. The molecule has 1 fully saturated rings. The Balaban J connectivity index is 1.65. The van der Waals surface area contributed by atoms with Gasteiger partial charge in [-0.25, -0.2) is 0 Å². The molecular weight excluding hydrogens is 254 g/mol. The fraction of sp³-hybridized carbons (Fsp3) is 0.625. The van der Waals surface area contributed by atoms with Crippen LogP contribution >= 0.6 is 0 Å². The van der Waals surface area contributed by atoms with Crippen LogP contribution in [0.3, 0.4) is 0 Å². The zero-order valence-electron chi connectivity index (χ0n) is 12.2. The summed E-state index contributed by atoms with van der Waals surface area (Å²) in [6.45, 7) is 6.62. The van der Waals surface area contributed by atoms with Crippen LogP contribution in [0.5, 0.6) is 0 Å². The van der Waals surface area contributed by atoms with Crippen molar-refractivity contribution < 1.29 is 14.6 Å². The topological polar surface area (TPSA) is 41.9 Å². The molecule has 1 aromatic carbocycles. The van der Waals surface area contributed by atoms with Gasteiger partial charge in [0, 0.05) is 19.6 Å². The van der Waals surface area contributed by atoms with Crippen LogP contribution in [0.15, 0.2) is 24.3 Å². The summed E-state index contributed by atoms with van der Waals surface area (Å²) in [5.41, 5.74) is 2.85. The van der Waals surface area contributed by atoms with Crippen molar-refractivity contribution in [2.75, 3.05) is 19.7 Å². The molecule has 3 rings (SSSR count). The van der Waals surface area contributed by atoms with Gasteiger partial charge in [0.05, 0.1) is 6.61 Å². The lowest BCUT2D eigenvalue weighted by atomic mass is 9.99. The fourth-order valence-corrected chi connectivity index (χ4v) is 3.18. The lowest BCUT2D eigenvalue weighted by Gasteiger charge is -2.31. The summed E-state index contributed by atoms with van der Waals surface area (Å²) in [5, 5.41) is 9.43. The van der Waals surface area contributed by atoms with E-state index in [0.717, 1.165) is 26.1 Å². The van der Waals surface area contributed by atoms with E-state index < -0.39 is 5.79 Å². The number of nitrogens with zero attached hydrogens (tertiary/aromatic N) is 1. The minimum absolute atomic E-state index is 0.0124. The number of aliphatic hydroxyl groups is 1. The molecule has 0 bridgehead atoms. The molecule has 4 heteroatoms. The largest absolute Gasteiger partial charge is 0.394 e. The molecule has 2 aliphatic heterocycles. The summed E-state index contributed by atoms with van der Waals surface area (Å²) in [7, 11) is 0. The van der Waals surface area contributed by atoms with Crippen LogP contribution < -0.4 is 0 Å². The minimum atomic E-state index is -0.592. The first-order valence-electron chi connectivity index (χ1n) is 7.33. The second-order valence-electron chi connectivity index (χ2n) is 6.15. The quantitative estimate of drug-likeness (QED) is 0.910. The van der Waals surface area contributed by atoms with E-state index in [1.165, 1.54) is 11.1 Å². The van der Waals surface area contributed by atoms with Gasteiger partial charge in [-0.1, -0.05) is 24.3 Å². The SMILES string of the molecule is CC1(C)O[C@@H](CO)[C@H](CN2CCc3ccccc3C2)O1. The Morgan fingerprint density at radius 2 is 1.90 bits per heavy atom. The van der Waals surface area contributed by atoms with E-state index in [2.05, 4.69) is 29.2 Å². The third-order valence-electron chi connectivity index (χ3n) is 4.11. The molecule has 2 heterocycles. The molecule has 110 valence electrons. The summed E-state index contributed by atoms with van der Waals surface area (Å²) < 4.78 is 11.6. The molecule has 1 N–H and O–H groups in total. The van der Waals surface area contributed by atoms with Gasteiger partial charge < -0.3 is 14.6 Å². The Kier molecular flexibility index (Phi) is 3.82. The Morgan fingerprint density at radius 3 is 2.65 bits per heavy atom. The number of aliphatic hydroxyl groups excluding tert-OH is 1. The molecule has 1 aromatic rings. The predicted molar refractivity (Wildman–Crippen MR) is 76.3 cm³/mol. The number of ether oxygens (including phenoxy) is 2. The monoisotopic (exact) mass is 277 g/mol. The van der Waals surface area contributed by atoms with Crippen molar-refractivity contribution in [1.82, 2.24) is 4.90 Å². The third kappa shape index (κ3) is 2.88. The van der Waals surface area contributed by atoms with E-state index in [9.17, 15) is 5.11 Å². The second-order valence-corrected chi connectivity index (χ2v) is 6.15. The average Bonchev–Trinajstić information content (AvgIpc) is 2.73. The molecular formula is C16H23NO3. The highest BCUT2D eigenvalue weighted by Gasteiger charge is 2.41. The number of hydrogen-bond acceptors (Lipinski definition) is 4.